The number of nitrogens with zero attached hydrogens (tertiary/aromatic N) is 2. The fraction of sp³-hybridized carbons (Fsp3) is 0.364. The number of methoxy groups -OCH3 is 3. The molecule has 0 saturated carbocycles. The topological polar surface area (TPSA) is 149 Å². The molecule has 2 amide bonds. The van der Waals surface area contributed by atoms with Crippen LogP contribution >= 0.6 is 0 Å². The van der Waals surface area contributed by atoms with Gasteiger partial charge in [-0.2, -0.15) is 4.98 Å². The smallest absolute Gasteiger partial charge is 0.323 e. The number of nitrogens with one attached hydrogen (secondary N) is 2. The summed E-state index contributed by atoms with van der Waals surface area (Å²) >= 11 is 0. The zero-order valence-electron chi connectivity index (χ0n) is 33.7. The molecule has 0 bridgehead atoms. The summed E-state index contributed by atoms with van der Waals surface area (Å²) in [6, 6.07) is 21.7. The highest BCUT2D eigenvalue weighted by Gasteiger charge is 2.23. The van der Waals surface area contributed by atoms with E-state index in [-0.39, 0.29) is 11.2 Å². The number of rotatable bonds is 20. The average molecular weight is 781 g/mol. The van der Waals surface area contributed by atoms with E-state index in [1.165, 1.54) is 7.11 Å². The molecule has 5 aromatic rings. The minimum atomic E-state index is -0.493. The van der Waals surface area contributed by atoms with Gasteiger partial charge in [0.15, 0.2) is 11.5 Å². The molecule has 0 atom stereocenters. The van der Waals surface area contributed by atoms with E-state index in [2.05, 4.69) is 15.6 Å². The largest absolute Gasteiger partial charge is 0.497 e. The van der Waals surface area contributed by atoms with Gasteiger partial charge in [-0.05, 0) is 52.9 Å². The van der Waals surface area contributed by atoms with Crippen LogP contribution in [0.15, 0.2) is 79.0 Å². The Kier molecular flexibility index (Phi) is 15.2. The number of carbonyl (C=O) groups excluding carboxylic acids is 2. The van der Waals surface area contributed by atoms with Crippen molar-refractivity contribution in [1.82, 2.24) is 9.97 Å². The predicted molar refractivity (Wildman–Crippen MR) is 220 cm³/mol. The highest BCUT2D eigenvalue weighted by Crippen LogP contribution is 2.37. The van der Waals surface area contributed by atoms with Gasteiger partial charge in [0, 0.05) is 49.1 Å². The Balaban J connectivity index is 1.27. The summed E-state index contributed by atoms with van der Waals surface area (Å²) in [5, 5.41) is 7.40. The van der Waals surface area contributed by atoms with Crippen LogP contribution in [0.5, 0.6) is 28.9 Å². The van der Waals surface area contributed by atoms with Crippen molar-refractivity contribution in [2.75, 3.05) is 71.6 Å². The highest BCUT2D eigenvalue weighted by atomic mass is 16.6. The lowest BCUT2D eigenvalue weighted by molar-refractivity contribution is 0.0179. The summed E-state index contributed by atoms with van der Waals surface area (Å²) in [6.45, 7) is 10.7. The maximum Gasteiger partial charge on any atom is 0.323 e. The third-order valence-corrected chi connectivity index (χ3v) is 8.89. The standard InChI is InChI=1S/C44H52N4O9/c1-8-38(49)35-26-30(44(2,3)4)27-37(42(35)53-7)47-43(50)46-36-13-14-39(34-12-10-9-11-33(34)36)57-41-15-16-45-40(48-41)25-29-23-31(52-6)28-32(24-29)56-22-21-55-20-19-54-18-17-51-5/h9-16,23-24,26-28H,8,17-22,25H2,1-7H3,(H2,46,47,50). The Morgan fingerprint density at radius 2 is 1.44 bits per heavy atom. The first kappa shape index (κ1) is 42.4. The molecule has 5 rings (SSSR count). The first-order valence-electron chi connectivity index (χ1n) is 18.8. The van der Waals surface area contributed by atoms with Crippen LogP contribution in [-0.2, 0) is 26.0 Å². The maximum absolute atomic E-state index is 13.5. The molecule has 0 aliphatic rings. The van der Waals surface area contributed by atoms with Crippen LogP contribution < -0.4 is 29.6 Å². The van der Waals surface area contributed by atoms with Gasteiger partial charge in [0.05, 0.1) is 64.2 Å². The van der Waals surface area contributed by atoms with Gasteiger partial charge in [-0.15, -0.1) is 0 Å². The summed E-state index contributed by atoms with van der Waals surface area (Å²) < 4.78 is 39.4. The van der Waals surface area contributed by atoms with Crippen molar-refractivity contribution in [2.24, 2.45) is 0 Å². The van der Waals surface area contributed by atoms with Gasteiger partial charge in [0.2, 0.25) is 5.88 Å². The summed E-state index contributed by atoms with van der Waals surface area (Å²) in [5.74, 6) is 2.97. The molecule has 13 heteroatoms. The highest BCUT2D eigenvalue weighted by molar-refractivity contribution is 6.09. The lowest BCUT2D eigenvalue weighted by Crippen LogP contribution is -2.22. The molecule has 0 saturated heterocycles. The number of anilines is 2. The van der Waals surface area contributed by atoms with Crippen molar-refractivity contribution in [1.29, 1.82) is 0 Å². The van der Waals surface area contributed by atoms with E-state index in [4.69, 9.17) is 38.1 Å². The van der Waals surface area contributed by atoms with Gasteiger partial charge >= 0.3 is 6.03 Å². The van der Waals surface area contributed by atoms with E-state index < -0.39 is 6.03 Å². The molecule has 0 fully saturated rings. The number of fused-ring (bicyclic) bond motifs is 1. The number of amides is 2. The number of ether oxygens (including phenoxy) is 7. The number of aromatic nitrogens is 2. The van der Waals surface area contributed by atoms with Crippen molar-refractivity contribution >= 4 is 34.0 Å². The Bertz CT molecular complexity index is 2130. The van der Waals surface area contributed by atoms with Crippen molar-refractivity contribution < 1.29 is 42.7 Å². The molecule has 13 nitrogen and oxygen atoms in total. The molecule has 57 heavy (non-hydrogen) atoms. The molecule has 0 radical (unpaired) electrons. The normalized spacial score (nSPS) is 11.3. The Morgan fingerprint density at radius 1 is 0.737 bits per heavy atom. The summed E-state index contributed by atoms with van der Waals surface area (Å²) in [5.41, 5.74) is 2.91. The number of ketones is 1. The first-order chi connectivity index (χ1) is 27.5. The minimum absolute atomic E-state index is 0.0763. The van der Waals surface area contributed by atoms with Crippen LogP contribution in [0, 0.1) is 0 Å². The van der Waals surface area contributed by atoms with Crippen molar-refractivity contribution in [2.45, 2.75) is 46.0 Å². The monoisotopic (exact) mass is 780 g/mol. The summed E-state index contributed by atoms with van der Waals surface area (Å²) in [6.07, 6.45) is 2.35. The van der Waals surface area contributed by atoms with E-state index in [1.54, 1.807) is 45.5 Å². The molecular formula is C44H52N4O9. The van der Waals surface area contributed by atoms with Gasteiger partial charge in [0.25, 0.3) is 0 Å². The number of urea groups is 1. The maximum atomic E-state index is 13.5. The molecule has 0 aliphatic carbocycles. The predicted octanol–water partition coefficient (Wildman–Crippen LogP) is 8.62. The number of Topliss-reactive ketones (excluding diaryl/α,β-unsaturated/α-hetero) is 1. The zero-order valence-corrected chi connectivity index (χ0v) is 33.7. The SMILES string of the molecule is CCC(=O)c1cc(C(C)(C)C)cc(NC(=O)Nc2ccc(Oc3ccnc(Cc4cc(OC)cc(OCCOCCOCCOC)c4)n3)c3ccccc23)c1OC. The quantitative estimate of drug-likeness (QED) is 0.0578. The second kappa shape index (κ2) is 20.4. The molecule has 4 aromatic carbocycles. The molecule has 2 N–H and O–H groups in total. The van der Waals surface area contributed by atoms with Crippen LogP contribution in [0.2, 0.25) is 0 Å². The molecular weight excluding hydrogens is 729 g/mol. The van der Waals surface area contributed by atoms with Crippen LogP contribution in [0.3, 0.4) is 0 Å². The van der Waals surface area contributed by atoms with E-state index in [1.807, 2.05) is 75.4 Å². The number of benzene rings is 4. The Morgan fingerprint density at radius 3 is 2.14 bits per heavy atom. The van der Waals surface area contributed by atoms with Crippen LogP contribution in [-0.4, -0.2) is 82.8 Å². The van der Waals surface area contributed by atoms with Crippen LogP contribution in [0.1, 0.15) is 61.4 Å². The van der Waals surface area contributed by atoms with Gasteiger partial charge in [-0.1, -0.05) is 52.0 Å². The van der Waals surface area contributed by atoms with Gasteiger partial charge < -0.3 is 43.8 Å². The first-order valence-corrected chi connectivity index (χ1v) is 18.8. The Labute approximate surface area is 334 Å². The Hall–Kier alpha value is -5.76. The van der Waals surface area contributed by atoms with E-state index >= 15 is 0 Å². The van der Waals surface area contributed by atoms with E-state index in [0.717, 1.165) is 21.9 Å². The molecule has 302 valence electrons. The summed E-state index contributed by atoms with van der Waals surface area (Å²) in [4.78, 5) is 35.6. The average Bonchev–Trinajstić information content (AvgIpc) is 3.20. The van der Waals surface area contributed by atoms with Gasteiger partial charge in [-0.25, -0.2) is 9.78 Å². The minimum Gasteiger partial charge on any atom is -0.497 e. The zero-order chi connectivity index (χ0) is 40.8. The fourth-order valence-corrected chi connectivity index (χ4v) is 5.95. The molecule has 0 aliphatic heterocycles. The fourth-order valence-electron chi connectivity index (χ4n) is 5.95. The second-order valence-corrected chi connectivity index (χ2v) is 14.0. The molecule has 0 spiro atoms. The van der Waals surface area contributed by atoms with E-state index in [9.17, 15) is 9.59 Å². The molecule has 1 aromatic heterocycles. The van der Waals surface area contributed by atoms with Crippen LogP contribution in [0.4, 0.5) is 16.2 Å². The van der Waals surface area contributed by atoms with Crippen molar-refractivity contribution in [3.8, 4) is 28.9 Å². The van der Waals surface area contributed by atoms with Crippen LogP contribution in [0.25, 0.3) is 10.8 Å². The number of carbonyl (C=O) groups is 2. The second-order valence-electron chi connectivity index (χ2n) is 14.0. The van der Waals surface area contributed by atoms with Gasteiger partial charge in [-0.3, -0.25) is 4.79 Å². The van der Waals surface area contributed by atoms with Crippen molar-refractivity contribution in [3.63, 3.8) is 0 Å². The lowest BCUT2D eigenvalue weighted by atomic mass is 9.85. The number of hydrogen-bond acceptors (Lipinski definition) is 11. The molecule has 1 heterocycles. The van der Waals surface area contributed by atoms with Crippen molar-refractivity contribution in [3.05, 3.63) is 102 Å². The number of hydrogen-bond donors (Lipinski definition) is 2. The third-order valence-electron chi connectivity index (χ3n) is 8.89. The summed E-state index contributed by atoms with van der Waals surface area (Å²) in [7, 11) is 4.73. The van der Waals surface area contributed by atoms with E-state index in [0.29, 0.717) is 104 Å². The molecule has 0 unspecified atom stereocenters. The van der Waals surface area contributed by atoms with Gasteiger partial charge in [0.1, 0.15) is 29.7 Å². The lowest BCUT2D eigenvalue weighted by Gasteiger charge is -2.23. The third kappa shape index (κ3) is 11.9.